The fourth-order valence-electron chi connectivity index (χ4n) is 6.21. The Balaban J connectivity index is 3.73. The first kappa shape index (κ1) is 49.5. The summed E-state index contributed by atoms with van der Waals surface area (Å²) in [7, 11) is -1.22. The van der Waals surface area contributed by atoms with Gasteiger partial charge in [0.05, 0.1) is 26.4 Å². The largest absolute Gasteiger partial charge is 0.474 e. The van der Waals surface area contributed by atoms with Gasteiger partial charge in [0.2, 0.25) is 0 Å². The van der Waals surface area contributed by atoms with Gasteiger partial charge in [-0.2, -0.15) is 0 Å². The molecule has 0 rings (SSSR count). The van der Waals surface area contributed by atoms with Crippen LogP contribution in [0.4, 0.5) is 0 Å². The van der Waals surface area contributed by atoms with E-state index in [-0.39, 0.29) is 5.97 Å². The lowest BCUT2D eigenvalue weighted by molar-refractivity contribution is -0.143. The Labute approximate surface area is 312 Å². The van der Waals surface area contributed by atoms with Gasteiger partial charge in [-0.3, -0.25) is 18.4 Å². The minimum Gasteiger partial charge on any atom is -0.466 e. The van der Waals surface area contributed by atoms with E-state index < -0.39 is 7.82 Å². The number of rotatable bonds is 42. The summed E-state index contributed by atoms with van der Waals surface area (Å²) in [6.45, 7) is 11.0. The first-order valence-electron chi connectivity index (χ1n) is 21.8. The maximum atomic E-state index is 13.2. The van der Waals surface area contributed by atoms with Crippen LogP contribution < -0.4 is 0 Å². The van der Waals surface area contributed by atoms with E-state index in [1.807, 2.05) is 0 Å². The summed E-state index contributed by atoms with van der Waals surface area (Å²) >= 11 is 0. The zero-order valence-electron chi connectivity index (χ0n) is 34.0. The first-order valence-corrected chi connectivity index (χ1v) is 23.3. The Hall–Kier alpha value is -0.460. The summed E-state index contributed by atoms with van der Waals surface area (Å²) in [5, 5.41) is 0. The molecule has 1 atom stereocenters. The number of hydrogen-bond donors (Lipinski definition) is 0. The second-order valence-electron chi connectivity index (χ2n) is 14.8. The molecule has 0 aromatic heterocycles. The van der Waals surface area contributed by atoms with Crippen molar-refractivity contribution in [3.05, 3.63) is 0 Å². The molecule has 0 aliphatic carbocycles. The number of hydrogen-bond acceptors (Lipinski definition) is 7. The molecule has 0 heterocycles. The number of phosphoric acid groups is 1. The molecule has 8 heteroatoms. The van der Waals surface area contributed by atoms with Crippen molar-refractivity contribution in [1.29, 1.82) is 0 Å². The van der Waals surface area contributed by atoms with E-state index in [9.17, 15) is 9.36 Å². The molecule has 0 bridgehead atoms. The Morgan fingerprint density at radius 1 is 0.420 bits per heavy atom. The van der Waals surface area contributed by atoms with Crippen molar-refractivity contribution in [3.63, 3.8) is 0 Å². The van der Waals surface area contributed by atoms with E-state index in [4.69, 9.17) is 18.3 Å². The van der Waals surface area contributed by atoms with Crippen LogP contribution >= 0.6 is 7.82 Å². The van der Waals surface area contributed by atoms with Gasteiger partial charge in [0, 0.05) is 6.42 Å². The molecule has 1 unspecified atom stereocenters. The smallest absolute Gasteiger partial charge is 0.466 e. The fraction of sp³-hybridized carbons (Fsp3) is 0.976. The van der Waals surface area contributed by atoms with E-state index in [1.54, 1.807) is 0 Å². The number of carbonyl (C=O) groups is 1. The molecule has 0 spiro atoms. The Morgan fingerprint density at radius 2 is 0.720 bits per heavy atom. The second kappa shape index (κ2) is 39.7. The molecule has 0 aromatic rings. The third-order valence-corrected chi connectivity index (χ3v) is 11.1. The van der Waals surface area contributed by atoms with Crippen molar-refractivity contribution in [2.75, 3.05) is 46.6 Å². The maximum absolute atomic E-state index is 13.2. The predicted molar refractivity (Wildman–Crippen MR) is 214 cm³/mol. The van der Waals surface area contributed by atoms with Crippen LogP contribution in [0, 0.1) is 0 Å². The molecule has 0 radical (unpaired) electrons. The Bertz CT molecular complexity index is 739. The van der Waals surface area contributed by atoms with Crippen LogP contribution in [-0.2, 0) is 27.7 Å². The lowest BCUT2D eigenvalue weighted by Gasteiger charge is -2.18. The maximum Gasteiger partial charge on any atom is 0.474 e. The van der Waals surface area contributed by atoms with Crippen molar-refractivity contribution in [2.45, 2.75) is 220 Å². The standard InChI is InChI=1S/C42H86NO6P/c1-5-8-11-14-18-25-31-38-46-42(44)35-28-22-21-24-30-37-43(4)36-29-23-17-16-20-27-34-41-49-50(45,47-39-32-13-10-7-3)48-40-33-26-19-15-12-9-6-2/h5-41H2,1-4H3. The predicted octanol–water partition coefficient (Wildman–Crippen LogP) is 13.8. The number of esters is 1. The number of nitrogens with zero attached hydrogens (tertiary/aromatic N) is 1. The molecule has 0 aliphatic heterocycles. The van der Waals surface area contributed by atoms with E-state index in [2.05, 4.69) is 32.7 Å². The zero-order valence-corrected chi connectivity index (χ0v) is 34.9. The van der Waals surface area contributed by atoms with Gasteiger partial charge in [-0.1, -0.05) is 168 Å². The molecule has 0 aliphatic rings. The lowest BCUT2D eigenvalue weighted by atomic mass is 10.1. The van der Waals surface area contributed by atoms with Crippen LogP contribution in [0.25, 0.3) is 0 Å². The van der Waals surface area contributed by atoms with Crippen LogP contribution in [0.3, 0.4) is 0 Å². The van der Waals surface area contributed by atoms with Gasteiger partial charge in [-0.25, -0.2) is 4.57 Å². The van der Waals surface area contributed by atoms with Gasteiger partial charge in [0.25, 0.3) is 0 Å². The fourth-order valence-corrected chi connectivity index (χ4v) is 7.49. The zero-order chi connectivity index (χ0) is 36.6. The van der Waals surface area contributed by atoms with Crippen LogP contribution in [0.5, 0.6) is 0 Å². The quantitative estimate of drug-likeness (QED) is 0.0351. The minimum absolute atomic E-state index is 0.00942. The highest BCUT2D eigenvalue weighted by molar-refractivity contribution is 7.48. The second-order valence-corrected chi connectivity index (χ2v) is 16.4. The van der Waals surface area contributed by atoms with Gasteiger partial charge in [-0.05, 0) is 65.1 Å². The van der Waals surface area contributed by atoms with Gasteiger partial charge >= 0.3 is 13.8 Å². The monoisotopic (exact) mass is 732 g/mol. The third kappa shape index (κ3) is 37.3. The Morgan fingerprint density at radius 3 is 1.12 bits per heavy atom. The molecule has 0 amide bonds. The third-order valence-electron chi connectivity index (χ3n) is 9.61. The number of ether oxygens (including phenoxy) is 1. The normalized spacial score (nSPS) is 12.9. The topological polar surface area (TPSA) is 74.3 Å². The lowest BCUT2D eigenvalue weighted by Crippen LogP contribution is -2.20. The molecule has 0 saturated heterocycles. The van der Waals surface area contributed by atoms with E-state index in [0.717, 1.165) is 64.3 Å². The number of carbonyl (C=O) groups excluding carboxylic acids is 1. The van der Waals surface area contributed by atoms with Gasteiger partial charge < -0.3 is 9.64 Å². The van der Waals surface area contributed by atoms with Crippen LogP contribution in [0.1, 0.15) is 220 Å². The van der Waals surface area contributed by atoms with Gasteiger partial charge in [0.15, 0.2) is 0 Å². The van der Waals surface area contributed by atoms with Crippen molar-refractivity contribution >= 4 is 13.8 Å². The highest BCUT2D eigenvalue weighted by Gasteiger charge is 2.26. The number of unbranched alkanes of at least 4 members (excludes halogenated alkanes) is 25. The summed E-state index contributed by atoms with van der Waals surface area (Å²) in [4.78, 5) is 14.4. The average Bonchev–Trinajstić information content (AvgIpc) is 3.11. The Kier molecular flexibility index (Phi) is 39.4. The minimum atomic E-state index is -3.46. The molecule has 0 aromatic carbocycles. The summed E-state index contributed by atoms with van der Waals surface area (Å²) < 4.78 is 35.8. The van der Waals surface area contributed by atoms with Crippen molar-refractivity contribution in [1.82, 2.24) is 4.90 Å². The van der Waals surface area contributed by atoms with Crippen molar-refractivity contribution < 1.29 is 27.7 Å². The summed E-state index contributed by atoms with van der Waals surface area (Å²) in [6.07, 6.45) is 36.1. The summed E-state index contributed by atoms with van der Waals surface area (Å²) in [5.74, 6) is -0.00942. The highest BCUT2D eigenvalue weighted by atomic mass is 31.2. The van der Waals surface area contributed by atoms with E-state index >= 15 is 0 Å². The molecule has 7 nitrogen and oxygen atoms in total. The first-order chi connectivity index (χ1) is 24.5. The van der Waals surface area contributed by atoms with Gasteiger partial charge in [0.1, 0.15) is 0 Å². The van der Waals surface area contributed by atoms with E-state index in [0.29, 0.717) is 32.8 Å². The highest BCUT2D eigenvalue weighted by Crippen LogP contribution is 2.50. The van der Waals surface area contributed by atoms with E-state index in [1.165, 1.54) is 141 Å². The van der Waals surface area contributed by atoms with Crippen molar-refractivity contribution in [3.8, 4) is 0 Å². The molecule has 50 heavy (non-hydrogen) atoms. The molecular weight excluding hydrogens is 645 g/mol. The van der Waals surface area contributed by atoms with Crippen LogP contribution in [-0.4, -0.2) is 57.4 Å². The molecular formula is C42H86NO6P. The summed E-state index contributed by atoms with van der Waals surface area (Å²) in [5.41, 5.74) is 0. The SMILES string of the molecule is CCCCCCCCCOC(=O)CCCCCCCN(C)CCCCCCCCCOP(=O)(OCCCCCC)OCCCCCCCCC. The van der Waals surface area contributed by atoms with Crippen LogP contribution in [0.2, 0.25) is 0 Å². The van der Waals surface area contributed by atoms with Crippen molar-refractivity contribution in [2.24, 2.45) is 0 Å². The van der Waals surface area contributed by atoms with Gasteiger partial charge in [-0.15, -0.1) is 0 Å². The number of phosphoric ester groups is 1. The average molecular weight is 732 g/mol. The molecule has 0 fully saturated rings. The molecule has 0 saturated carbocycles. The molecule has 300 valence electrons. The molecule has 0 N–H and O–H groups in total. The summed E-state index contributed by atoms with van der Waals surface area (Å²) in [6, 6.07) is 0. The van der Waals surface area contributed by atoms with Crippen LogP contribution in [0.15, 0.2) is 0 Å².